The lowest BCUT2D eigenvalue weighted by Gasteiger charge is -2.35. The fraction of sp³-hybridized carbons (Fsp3) is 0. The third kappa shape index (κ3) is 5.78. The summed E-state index contributed by atoms with van der Waals surface area (Å²) >= 11 is 0. The highest BCUT2D eigenvalue weighted by atomic mass is 28.3. The van der Waals surface area contributed by atoms with E-state index in [1.165, 1.54) is 86.8 Å². The van der Waals surface area contributed by atoms with E-state index < -0.39 is 8.07 Å². The molecule has 2 aromatic heterocycles. The van der Waals surface area contributed by atoms with Crippen molar-refractivity contribution in [3.63, 3.8) is 0 Å². The molecule has 296 valence electrons. The van der Waals surface area contributed by atoms with Crippen molar-refractivity contribution in [2.75, 3.05) is 0 Å². The van der Waals surface area contributed by atoms with Crippen LogP contribution >= 0.6 is 0 Å². The average molecular weight is 819 g/mol. The molecule has 12 aromatic rings. The van der Waals surface area contributed by atoms with Gasteiger partial charge in [0.2, 0.25) is 0 Å². The van der Waals surface area contributed by atoms with Crippen LogP contribution in [0.15, 0.2) is 255 Å². The van der Waals surface area contributed by atoms with E-state index in [4.69, 9.17) is 0 Å². The molecule has 12 rings (SSSR count). The SMILES string of the molecule is c1ccc(-c2cccc(-c3ccccc3)c2-n2c3ccccc3c3ccc(-n4c5ccccc5c5c([Si](c6ccccc6)(c6ccccc6)c6ccccc6)cccc54)cc32)cc1. The first-order valence-corrected chi connectivity index (χ1v) is 23.8. The van der Waals surface area contributed by atoms with Crippen molar-refractivity contribution in [3.8, 4) is 33.6 Å². The lowest BCUT2D eigenvalue weighted by Crippen LogP contribution is -2.74. The highest BCUT2D eigenvalue weighted by molar-refractivity contribution is 7.20. The van der Waals surface area contributed by atoms with Crippen molar-refractivity contribution in [2.45, 2.75) is 0 Å². The van der Waals surface area contributed by atoms with Gasteiger partial charge in [0.1, 0.15) is 0 Å². The van der Waals surface area contributed by atoms with E-state index in [1.807, 2.05) is 0 Å². The molecule has 2 nitrogen and oxygen atoms in total. The van der Waals surface area contributed by atoms with Crippen LogP contribution in [0.5, 0.6) is 0 Å². The Kier molecular flexibility index (Phi) is 8.87. The Morgan fingerprint density at radius 1 is 0.286 bits per heavy atom. The summed E-state index contributed by atoms with van der Waals surface area (Å²) in [7, 11) is -2.88. The smallest absolute Gasteiger partial charge is 0.180 e. The Morgan fingerprint density at radius 2 is 0.714 bits per heavy atom. The minimum atomic E-state index is -2.88. The minimum absolute atomic E-state index is 1.12. The fourth-order valence-electron chi connectivity index (χ4n) is 10.5. The Bertz CT molecular complexity index is 3440. The maximum absolute atomic E-state index is 2.88. The predicted octanol–water partition coefficient (Wildman–Crippen LogP) is 12.6. The third-order valence-corrected chi connectivity index (χ3v) is 17.9. The number of para-hydroxylation sites is 3. The summed E-state index contributed by atoms with van der Waals surface area (Å²) < 4.78 is 5.03. The van der Waals surface area contributed by atoms with Crippen LogP contribution in [0.4, 0.5) is 0 Å². The van der Waals surface area contributed by atoms with Gasteiger partial charge >= 0.3 is 0 Å². The normalized spacial score (nSPS) is 11.8. The molecule has 0 bridgehead atoms. The topological polar surface area (TPSA) is 9.86 Å². The first-order chi connectivity index (χ1) is 31.3. The average Bonchev–Trinajstić information content (AvgIpc) is 3.88. The molecule has 0 aliphatic carbocycles. The molecule has 0 saturated heterocycles. The first kappa shape index (κ1) is 36.8. The molecule has 2 heterocycles. The van der Waals surface area contributed by atoms with E-state index in [9.17, 15) is 0 Å². The molecule has 0 amide bonds. The second-order valence-corrected chi connectivity index (χ2v) is 20.2. The number of nitrogens with zero attached hydrogens (tertiary/aromatic N) is 2. The number of fused-ring (bicyclic) bond motifs is 6. The molecule has 0 unspecified atom stereocenters. The summed E-state index contributed by atoms with van der Waals surface area (Å²) in [5, 5.41) is 10.5. The monoisotopic (exact) mass is 818 g/mol. The van der Waals surface area contributed by atoms with Crippen LogP contribution in [0.1, 0.15) is 0 Å². The molecule has 0 radical (unpaired) electrons. The van der Waals surface area contributed by atoms with Gasteiger partial charge in [-0.2, -0.15) is 0 Å². The molecule has 0 spiro atoms. The van der Waals surface area contributed by atoms with Crippen LogP contribution in [0.3, 0.4) is 0 Å². The summed E-state index contributed by atoms with van der Waals surface area (Å²) in [4.78, 5) is 0. The van der Waals surface area contributed by atoms with E-state index in [-0.39, 0.29) is 0 Å². The fourth-order valence-corrected chi connectivity index (χ4v) is 15.5. The largest absolute Gasteiger partial charge is 0.309 e. The molecule has 0 atom stereocenters. The molecular weight excluding hydrogens is 777 g/mol. The van der Waals surface area contributed by atoms with Gasteiger partial charge < -0.3 is 9.13 Å². The lowest BCUT2D eigenvalue weighted by molar-refractivity contribution is 1.16. The highest BCUT2D eigenvalue weighted by Crippen LogP contribution is 2.42. The molecular formula is C60H42N2Si. The van der Waals surface area contributed by atoms with Gasteiger partial charge in [-0.15, -0.1) is 0 Å². The number of hydrogen-bond acceptors (Lipinski definition) is 0. The van der Waals surface area contributed by atoms with E-state index in [0.717, 1.165) is 11.2 Å². The van der Waals surface area contributed by atoms with Crippen molar-refractivity contribution in [1.82, 2.24) is 9.13 Å². The third-order valence-electron chi connectivity index (χ3n) is 13.1. The summed E-state index contributed by atoms with van der Waals surface area (Å²) in [6.07, 6.45) is 0. The Labute approximate surface area is 368 Å². The molecule has 0 aliphatic rings. The maximum atomic E-state index is 2.52. The van der Waals surface area contributed by atoms with Gasteiger partial charge in [-0.3, -0.25) is 0 Å². The zero-order valence-corrected chi connectivity index (χ0v) is 35.6. The van der Waals surface area contributed by atoms with Crippen LogP contribution in [-0.2, 0) is 0 Å². The number of benzene rings is 10. The van der Waals surface area contributed by atoms with Gasteiger partial charge in [0.25, 0.3) is 0 Å². The minimum Gasteiger partial charge on any atom is -0.309 e. The van der Waals surface area contributed by atoms with Crippen LogP contribution in [0, 0.1) is 0 Å². The quantitative estimate of drug-likeness (QED) is 0.107. The van der Waals surface area contributed by atoms with Gasteiger partial charge in [0, 0.05) is 38.4 Å². The molecule has 0 aliphatic heterocycles. The van der Waals surface area contributed by atoms with Crippen LogP contribution in [-0.4, -0.2) is 17.2 Å². The Hall–Kier alpha value is -7.98. The van der Waals surface area contributed by atoms with Gasteiger partial charge in [0.05, 0.1) is 27.8 Å². The van der Waals surface area contributed by atoms with Crippen molar-refractivity contribution in [2.24, 2.45) is 0 Å². The van der Waals surface area contributed by atoms with Gasteiger partial charge in [-0.1, -0.05) is 224 Å². The summed E-state index contributed by atoms with van der Waals surface area (Å²) in [5.41, 5.74) is 11.8. The standard InChI is InChI=1S/C60H42N2Si/c1-6-22-43(23-7-1)49-34-20-35-50(44-24-8-2-9-25-44)60(49)62-54-36-18-16-32-51(54)52-41-40-45(42-57(52)62)61-55-37-19-17-33-53(55)59-56(61)38-21-39-58(59)63(46-26-10-3-11-27-46,47-28-12-4-13-29-47)48-30-14-5-15-31-48/h1-42H. The van der Waals surface area contributed by atoms with E-state index >= 15 is 0 Å². The van der Waals surface area contributed by atoms with E-state index in [2.05, 4.69) is 264 Å². The Morgan fingerprint density at radius 3 is 1.27 bits per heavy atom. The van der Waals surface area contributed by atoms with Gasteiger partial charge in [-0.25, -0.2) is 0 Å². The van der Waals surface area contributed by atoms with Crippen LogP contribution in [0.2, 0.25) is 0 Å². The van der Waals surface area contributed by atoms with Gasteiger partial charge in [-0.05, 0) is 62.2 Å². The van der Waals surface area contributed by atoms with E-state index in [1.54, 1.807) is 0 Å². The number of hydrogen-bond donors (Lipinski definition) is 0. The lowest BCUT2D eigenvalue weighted by atomic mass is 9.95. The van der Waals surface area contributed by atoms with Crippen molar-refractivity contribution in [3.05, 3.63) is 255 Å². The molecule has 3 heteroatoms. The van der Waals surface area contributed by atoms with Crippen LogP contribution in [0.25, 0.3) is 77.2 Å². The van der Waals surface area contributed by atoms with Gasteiger partial charge in [0.15, 0.2) is 8.07 Å². The predicted molar refractivity (Wildman–Crippen MR) is 270 cm³/mol. The van der Waals surface area contributed by atoms with Crippen LogP contribution < -0.4 is 20.7 Å². The molecule has 0 fully saturated rings. The zero-order chi connectivity index (χ0) is 41.7. The van der Waals surface area contributed by atoms with Crippen molar-refractivity contribution in [1.29, 1.82) is 0 Å². The van der Waals surface area contributed by atoms with Crippen molar-refractivity contribution >= 4 is 72.4 Å². The number of aromatic nitrogens is 2. The molecule has 0 N–H and O–H groups in total. The van der Waals surface area contributed by atoms with Crippen molar-refractivity contribution < 1.29 is 0 Å². The van der Waals surface area contributed by atoms with E-state index in [0.29, 0.717) is 0 Å². The second kappa shape index (κ2) is 15.2. The summed E-state index contributed by atoms with van der Waals surface area (Å²) in [5.74, 6) is 0. The highest BCUT2D eigenvalue weighted by Gasteiger charge is 2.43. The summed E-state index contributed by atoms with van der Waals surface area (Å²) in [6.45, 7) is 0. The summed E-state index contributed by atoms with van der Waals surface area (Å²) in [6, 6.07) is 94.3. The molecule has 63 heavy (non-hydrogen) atoms. The maximum Gasteiger partial charge on any atom is 0.180 e. The first-order valence-electron chi connectivity index (χ1n) is 21.8. The zero-order valence-electron chi connectivity index (χ0n) is 34.6. The Balaban J connectivity index is 1.19. The number of rotatable bonds is 8. The second-order valence-electron chi connectivity index (χ2n) is 16.4. The molecule has 10 aromatic carbocycles. The molecule has 0 saturated carbocycles.